The molecule has 2 amide bonds. The van der Waals surface area contributed by atoms with Crippen LogP contribution in [0, 0.1) is 0 Å². The highest BCUT2D eigenvalue weighted by Gasteiger charge is 2.36. The Balaban J connectivity index is 1.97. The minimum absolute atomic E-state index is 0.249. The molecule has 0 radical (unpaired) electrons. The molecule has 1 atom stereocenters. The van der Waals surface area contributed by atoms with Crippen molar-refractivity contribution in [2.24, 2.45) is 10.8 Å². The summed E-state index contributed by atoms with van der Waals surface area (Å²) in [4.78, 5) is 23.5. The normalized spacial score (nSPS) is 15.7. The Morgan fingerprint density at radius 2 is 1.93 bits per heavy atom. The number of nitrogens with one attached hydrogen (secondary N) is 1. The number of carbonyl (C=O) groups excluding carboxylic acids is 2. The third-order valence-electron chi connectivity index (χ3n) is 4.16. The van der Waals surface area contributed by atoms with Crippen LogP contribution in [0.25, 0.3) is 0 Å². The van der Waals surface area contributed by atoms with E-state index in [2.05, 4.69) is 10.5 Å². The highest BCUT2D eigenvalue weighted by atomic mass is 16.6. The van der Waals surface area contributed by atoms with Gasteiger partial charge in [-0.1, -0.05) is 36.4 Å². The van der Waals surface area contributed by atoms with Gasteiger partial charge in [-0.2, -0.15) is 5.10 Å². The minimum Gasteiger partial charge on any atom is -0.493 e. The Labute approximate surface area is 155 Å². The van der Waals surface area contributed by atoms with Gasteiger partial charge in [-0.25, -0.2) is 15.0 Å². The number of amides is 2. The van der Waals surface area contributed by atoms with Crippen molar-refractivity contribution in [3.63, 3.8) is 0 Å². The number of methoxy groups -OCH3 is 2. The average Bonchev–Trinajstić information content (AvgIpc) is 3.00. The molecule has 0 fully saturated rings. The first kappa shape index (κ1) is 18.2. The number of hydrogen-bond acceptors (Lipinski definition) is 6. The fraction of sp³-hybridized carbons (Fsp3) is 0.211. The summed E-state index contributed by atoms with van der Waals surface area (Å²) in [5.41, 5.74) is 9.65. The monoisotopic (exact) mass is 369 g/mol. The number of cyclic esters (lactones) is 1. The maximum atomic E-state index is 12.4. The van der Waals surface area contributed by atoms with Crippen molar-refractivity contribution in [3.05, 3.63) is 59.2 Å². The summed E-state index contributed by atoms with van der Waals surface area (Å²) in [5.74, 6) is 0.276. The van der Waals surface area contributed by atoms with Gasteiger partial charge in [-0.3, -0.25) is 0 Å². The lowest BCUT2D eigenvalue weighted by molar-refractivity contribution is 0.0398. The number of ether oxygens (including phenoxy) is 3. The van der Waals surface area contributed by atoms with Crippen molar-refractivity contribution < 1.29 is 23.8 Å². The van der Waals surface area contributed by atoms with Crippen molar-refractivity contribution in [2.45, 2.75) is 12.5 Å². The molecule has 0 bridgehead atoms. The van der Waals surface area contributed by atoms with Crippen LogP contribution in [0.15, 0.2) is 47.6 Å². The number of hydrazone groups is 1. The summed E-state index contributed by atoms with van der Waals surface area (Å²) >= 11 is 0. The molecule has 0 aromatic heterocycles. The van der Waals surface area contributed by atoms with Gasteiger partial charge in [0.2, 0.25) is 0 Å². The molecule has 8 nitrogen and oxygen atoms in total. The van der Waals surface area contributed by atoms with Crippen LogP contribution in [0.3, 0.4) is 0 Å². The van der Waals surface area contributed by atoms with Gasteiger partial charge < -0.3 is 19.9 Å². The quantitative estimate of drug-likeness (QED) is 0.461. The molecule has 2 aromatic carbocycles. The average molecular weight is 369 g/mol. The van der Waals surface area contributed by atoms with Crippen LogP contribution >= 0.6 is 0 Å². The Bertz CT molecular complexity index is 896. The van der Waals surface area contributed by atoms with Gasteiger partial charge in [0.15, 0.2) is 11.5 Å². The van der Waals surface area contributed by atoms with Crippen molar-refractivity contribution in [1.82, 2.24) is 5.43 Å². The fourth-order valence-electron chi connectivity index (χ4n) is 2.98. The highest BCUT2D eigenvalue weighted by Crippen LogP contribution is 2.43. The van der Waals surface area contributed by atoms with Crippen LogP contribution in [0.1, 0.15) is 34.0 Å². The second kappa shape index (κ2) is 7.77. The van der Waals surface area contributed by atoms with E-state index in [9.17, 15) is 9.59 Å². The number of nitrogens with zero attached hydrogens (tertiary/aromatic N) is 1. The molecule has 2 aromatic rings. The lowest BCUT2D eigenvalue weighted by atomic mass is 9.97. The van der Waals surface area contributed by atoms with Crippen molar-refractivity contribution in [2.75, 3.05) is 14.2 Å². The van der Waals surface area contributed by atoms with E-state index in [1.807, 2.05) is 30.3 Å². The number of hydrogen-bond donors (Lipinski definition) is 2. The third-order valence-corrected chi connectivity index (χ3v) is 4.16. The molecular formula is C19H19N3O5. The molecule has 3 rings (SSSR count). The minimum atomic E-state index is -0.779. The number of fused-ring (bicyclic) bond motifs is 1. The summed E-state index contributed by atoms with van der Waals surface area (Å²) < 4.78 is 16.1. The highest BCUT2D eigenvalue weighted by molar-refractivity contribution is 6.03. The first-order chi connectivity index (χ1) is 13.0. The second-order valence-corrected chi connectivity index (χ2v) is 5.76. The van der Waals surface area contributed by atoms with Crippen LogP contribution < -0.4 is 20.6 Å². The van der Waals surface area contributed by atoms with Gasteiger partial charge in [0, 0.05) is 12.0 Å². The first-order valence-corrected chi connectivity index (χ1v) is 8.18. The molecule has 1 aliphatic rings. The predicted molar refractivity (Wildman–Crippen MR) is 98.0 cm³/mol. The van der Waals surface area contributed by atoms with Crippen molar-refractivity contribution >= 4 is 17.7 Å². The van der Waals surface area contributed by atoms with E-state index < -0.39 is 18.1 Å². The number of esters is 1. The van der Waals surface area contributed by atoms with E-state index >= 15 is 0 Å². The van der Waals surface area contributed by atoms with Crippen molar-refractivity contribution in [3.8, 4) is 11.5 Å². The second-order valence-electron chi connectivity index (χ2n) is 5.76. The van der Waals surface area contributed by atoms with E-state index in [0.717, 1.165) is 5.56 Å². The Kier molecular flexibility index (Phi) is 5.25. The molecule has 0 saturated carbocycles. The van der Waals surface area contributed by atoms with E-state index in [0.29, 0.717) is 28.3 Å². The maximum Gasteiger partial charge on any atom is 0.343 e. The zero-order valence-corrected chi connectivity index (χ0v) is 14.9. The lowest BCUT2D eigenvalue weighted by Crippen LogP contribution is -2.26. The van der Waals surface area contributed by atoms with Gasteiger partial charge in [-0.05, 0) is 11.6 Å². The van der Waals surface area contributed by atoms with Gasteiger partial charge in [-0.15, -0.1) is 0 Å². The van der Waals surface area contributed by atoms with Gasteiger partial charge in [0.25, 0.3) is 0 Å². The molecule has 1 heterocycles. The molecule has 1 aliphatic heterocycles. The molecule has 0 saturated heterocycles. The Morgan fingerprint density at radius 1 is 1.19 bits per heavy atom. The summed E-state index contributed by atoms with van der Waals surface area (Å²) in [6, 6.07) is 11.9. The summed E-state index contributed by atoms with van der Waals surface area (Å²) in [6.45, 7) is 0. The molecule has 0 spiro atoms. The number of urea groups is 1. The van der Waals surface area contributed by atoms with E-state index in [4.69, 9.17) is 19.9 Å². The number of primary amides is 1. The summed E-state index contributed by atoms with van der Waals surface area (Å²) in [5, 5.41) is 4.08. The zero-order valence-electron chi connectivity index (χ0n) is 14.9. The zero-order chi connectivity index (χ0) is 19.4. The molecule has 3 N–H and O–H groups in total. The predicted octanol–water partition coefficient (Wildman–Crippen LogP) is 2.38. The van der Waals surface area contributed by atoms with Crippen LogP contribution in [-0.4, -0.2) is 31.9 Å². The summed E-state index contributed by atoms with van der Waals surface area (Å²) in [6.07, 6.45) is -0.334. The first-order valence-electron chi connectivity index (χ1n) is 8.18. The van der Waals surface area contributed by atoms with Gasteiger partial charge >= 0.3 is 12.0 Å². The number of nitrogens with two attached hydrogens (primary N) is 1. The van der Waals surface area contributed by atoms with Gasteiger partial charge in [0.05, 0.1) is 19.9 Å². The van der Waals surface area contributed by atoms with Gasteiger partial charge in [0.1, 0.15) is 11.7 Å². The smallest absolute Gasteiger partial charge is 0.343 e. The van der Waals surface area contributed by atoms with Crippen LogP contribution in [0.4, 0.5) is 4.79 Å². The van der Waals surface area contributed by atoms with E-state index in [1.54, 1.807) is 12.1 Å². The number of benzene rings is 2. The van der Waals surface area contributed by atoms with E-state index in [1.165, 1.54) is 14.2 Å². The fourth-order valence-corrected chi connectivity index (χ4v) is 2.98. The lowest BCUT2D eigenvalue weighted by Gasteiger charge is -2.14. The molecule has 140 valence electrons. The standard InChI is InChI=1S/C19H19N3O5/c1-25-14-9-8-12-15(27-18(23)16(12)17(14)26-2)10-13(21-22-19(20)24)11-6-4-3-5-7-11/h3-9,15H,10H2,1-2H3,(H3,20,22,24)/b21-13+/t15-/m1/s1. The topological polar surface area (TPSA) is 112 Å². The SMILES string of the molecule is COc1ccc2c(c1OC)C(=O)O[C@@H]2C/C(=N\NC(N)=O)c1ccccc1. The van der Waals surface area contributed by atoms with Crippen LogP contribution in [0.5, 0.6) is 11.5 Å². The summed E-state index contributed by atoms with van der Waals surface area (Å²) in [7, 11) is 2.96. The number of rotatable bonds is 6. The van der Waals surface area contributed by atoms with Crippen LogP contribution in [-0.2, 0) is 4.74 Å². The van der Waals surface area contributed by atoms with Crippen molar-refractivity contribution in [1.29, 1.82) is 0 Å². The molecule has 8 heteroatoms. The molecule has 0 unspecified atom stereocenters. The van der Waals surface area contributed by atoms with Crippen LogP contribution in [0.2, 0.25) is 0 Å². The Hall–Kier alpha value is -3.55. The number of carbonyl (C=O) groups is 2. The third kappa shape index (κ3) is 3.69. The Morgan fingerprint density at radius 3 is 2.56 bits per heavy atom. The molecule has 0 aliphatic carbocycles. The molecule has 27 heavy (non-hydrogen) atoms. The van der Waals surface area contributed by atoms with E-state index in [-0.39, 0.29) is 6.42 Å². The largest absolute Gasteiger partial charge is 0.493 e. The molecular weight excluding hydrogens is 350 g/mol. The maximum absolute atomic E-state index is 12.4.